The van der Waals surface area contributed by atoms with Crippen LogP contribution in [0.1, 0.15) is 44.6 Å². The summed E-state index contributed by atoms with van der Waals surface area (Å²) in [5, 5.41) is 8.96. The van der Waals surface area contributed by atoms with Gasteiger partial charge < -0.3 is 4.90 Å². The highest BCUT2D eigenvalue weighted by molar-refractivity contribution is 5.80. The molecule has 0 radical (unpaired) electrons. The normalized spacial score (nSPS) is 21.3. The van der Waals surface area contributed by atoms with Gasteiger partial charge in [-0.25, -0.2) is 4.68 Å². The Morgan fingerprint density at radius 2 is 1.78 bits per heavy atom. The fourth-order valence-corrected chi connectivity index (χ4v) is 4.19. The van der Waals surface area contributed by atoms with Crippen LogP contribution < -0.4 is 5.56 Å². The molecule has 2 aromatic rings. The van der Waals surface area contributed by atoms with Crippen LogP contribution in [0, 0.1) is 25.7 Å². The van der Waals surface area contributed by atoms with Crippen molar-refractivity contribution in [2.45, 2.75) is 47.1 Å². The summed E-state index contributed by atoms with van der Waals surface area (Å²) in [7, 11) is 1.88. The van der Waals surface area contributed by atoms with E-state index in [0.29, 0.717) is 17.5 Å². The van der Waals surface area contributed by atoms with Crippen LogP contribution in [0.5, 0.6) is 0 Å². The number of rotatable bonds is 3. The largest absolute Gasteiger partial charge is 0.340 e. The molecule has 3 heterocycles. The topological polar surface area (TPSA) is 73.0 Å². The molecule has 7 heteroatoms. The maximum atomic E-state index is 13.0. The number of hydrogen-bond acceptors (Lipinski definition) is 4. The molecule has 1 aliphatic heterocycles. The van der Waals surface area contributed by atoms with Gasteiger partial charge in [-0.05, 0) is 45.1 Å². The highest BCUT2D eigenvalue weighted by Gasteiger charge is 2.30. The Kier molecular flexibility index (Phi) is 5.22. The number of carbonyl (C=O) groups is 1. The van der Waals surface area contributed by atoms with E-state index < -0.39 is 6.04 Å². The molecule has 1 saturated heterocycles. The Labute approximate surface area is 160 Å². The first-order chi connectivity index (χ1) is 12.7. The molecular formula is C20H29N5O2. The molecule has 1 fully saturated rings. The van der Waals surface area contributed by atoms with Crippen LogP contribution in [0.25, 0.3) is 11.3 Å². The van der Waals surface area contributed by atoms with E-state index in [-0.39, 0.29) is 11.5 Å². The van der Waals surface area contributed by atoms with Crippen molar-refractivity contribution in [2.75, 3.05) is 13.1 Å². The minimum atomic E-state index is -0.632. The Balaban J connectivity index is 1.94. The molecule has 0 bridgehead atoms. The molecule has 146 valence electrons. The second-order valence-electron chi connectivity index (χ2n) is 8.04. The highest BCUT2D eigenvalue weighted by atomic mass is 16.2. The zero-order valence-electron chi connectivity index (χ0n) is 17.1. The van der Waals surface area contributed by atoms with E-state index in [1.165, 1.54) is 10.7 Å². The molecule has 1 aliphatic rings. The lowest BCUT2D eigenvalue weighted by atomic mass is 9.91. The molecule has 27 heavy (non-hydrogen) atoms. The predicted molar refractivity (Wildman–Crippen MR) is 104 cm³/mol. The van der Waals surface area contributed by atoms with Crippen molar-refractivity contribution >= 4 is 5.91 Å². The number of aryl methyl sites for hydroxylation is 2. The molecule has 0 saturated carbocycles. The third-order valence-electron chi connectivity index (χ3n) is 5.49. The second kappa shape index (κ2) is 7.29. The number of amides is 1. The summed E-state index contributed by atoms with van der Waals surface area (Å²) in [6.07, 6.45) is 1.13. The van der Waals surface area contributed by atoms with E-state index in [1.54, 1.807) is 17.7 Å². The minimum Gasteiger partial charge on any atom is -0.340 e. The van der Waals surface area contributed by atoms with Gasteiger partial charge in [0.05, 0.1) is 11.4 Å². The first kappa shape index (κ1) is 19.3. The fraction of sp³-hybridized carbons (Fsp3) is 0.600. The number of likely N-dealkylation sites (tertiary alicyclic amines) is 1. The monoisotopic (exact) mass is 371 g/mol. The van der Waals surface area contributed by atoms with Gasteiger partial charge in [0.1, 0.15) is 6.04 Å². The lowest BCUT2D eigenvalue weighted by Crippen LogP contribution is -2.46. The third kappa shape index (κ3) is 3.68. The van der Waals surface area contributed by atoms with Gasteiger partial charge in [0.2, 0.25) is 5.91 Å². The Morgan fingerprint density at radius 3 is 2.33 bits per heavy atom. The van der Waals surface area contributed by atoms with Crippen molar-refractivity contribution in [3.63, 3.8) is 0 Å². The van der Waals surface area contributed by atoms with Gasteiger partial charge in [-0.1, -0.05) is 13.8 Å². The van der Waals surface area contributed by atoms with Crippen molar-refractivity contribution in [3.8, 4) is 11.3 Å². The Morgan fingerprint density at radius 1 is 1.15 bits per heavy atom. The number of carbonyl (C=O) groups excluding carboxylic acids is 1. The number of hydrogen-bond donors (Lipinski definition) is 0. The van der Waals surface area contributed by atoms with Gasteiger partial charge in [0.25, 0.3) is 5.56 Å². The molecule has 1 amide bonds. The van der Waals surface area contributed by atoms with Crippen LogP contribution in [0.4, 0.5) is 0 Å². The van der Waals surface area contributed by atoms with Gasteiger partial charge >= 0.3 is 0 Å². The average Bonchev–Trinajstić information content (AvgIpc) is 2.85. The molecular weight excluding hydrogens is 342 g/mol. The maximum Gasteiger partial charge on any atom is 0.267 e. The zero-order chi connectivity index (χ0) is 19.9. The minimum absolute atomic E-state index is 0.0419. The number of piperidine rings is 1. The van der Waals surface area contributed by atoms with Crippen molar-refractivity contribution in [3.05, 3.63) is 33.9 Å². The van der Waals surface area contributed by atoms with Crippen LogP contribution in [-0.2, 0) is 11.8 Å². The Hall–Kier alpha value is -2.44. The lowest BCUT2D eigenvalue weighted by molar-refractivity contribution is -0.137. The fourth-order valence-electron chi connectivity index (χ4n) is 4.19. The summed E-state index contributed by atoms with van der Waals surface area (Å²) in [4.78, 5) is 27.4. The highest BCUT2D eigenvalue weighted by Crippen LogP contribution is 2.25. The predicted octanol–water partition coefficient (Wildman–Crippen LogP) is 2.33. The molecule has 0 N–H and O–H groups in total. The van der Waals surface area contributed by atoms with Gasteiger partial charge in [-0.15, -0.1) is 0 Å². The standard InChI is InChI=1S/C20H29N5O2/c1-12-9-13(2)11-24(10-12)20(27)16(5)25-18(26)8-7-17(22-25)19-14(3)21-23(6)15(19)4/h7-8,12-13,16H,9-11H2,1-6H3/t12-,13+,16-/m1/s1. The van der Waals surface area contributed by atoms with Gasteiger partial charge in [0, 0.05) is 37.5 Å². The van der Waals surface area contributed by atoms with E-state index in [4.69, 9.17) is 0 Å². The summed E-state index contributed by atoms with van der Waals surface area (Å²) in [6.45, 7) is 11.5. The van der Waals surface area contributed by atoms with Crippen LogP contribution in [-0.4, -0.2) is 43.5 Å². The van der Waals surface area contributed by atoms with Crippen molar-refractivity contribution in [2.24, 2.45) is 18.9 Å². The molecule has 3 rings (SSSR count). The average molecular weight is 371 g/mol. The third-order valence-corrected chi connectivity index (χ3v) is 5.49. The summed E-state index contributed by atoms with van der Waals surface area (Å²) < 4.78 is 3.11. The molecule has 0 aliphatic carbocycles. The number of aromatic nitrogens is 4. The van der Waals surface area contributed by atoms with Crippen molar-refractivity contribution in [1.29, 1.82) is 0 Å². The van der Waals surface area contributed by atoms with Gasteiger partial charge in [-0.2, -0.15) is 10.2 Å². The summed E-state index contributed by atoms with van der Waals surface area (Å²) in [5.41, 5.74) is 3.13. The van der Waals surface area contributed by atoms with E-state index in [2.05, 4.69) is 24.0 Å². The van der Waals surface area contributed by atoms with Crippen molar-refractivity contribution in [1.82, 2.24) is 24.5 Å². The number of nitrogens with zero attached hydrogens (tertiary/aromatic N) is 5. The molecule has 3 atom stereocenters. The first-order valence-corrected chi connectivity index (χ1v) is 9.58. The zero-order valence-corrected chi connectivity index (χ0v) is 17.1. The van der Waals surface area contributed by atoms with Crippen LogP contribution in [0.3, 0.4) is 0 Å². The first-order valence-electron chi connectivity index (χ1n) is 9.58. The Bertz CT molecular complexity index is 904. The quantitative estimate of drug-likeness (QED) is 0.830. The van der Waals surface area contributed by atoms with E-state index in [0.717, 1.165) is 36.5 Å². The summed E-state index contributed by atoms with van der Waals surface area (Å²) in [5.74, 6) is 0.906. The maximum absolute atomic E-state index is 13.0. The second-order valence-corrected chi connectivity index (χ2v) is 8.04. The van der Waals surface area contributed by atoms with Crippen LogP contribution in [0.15, 0.2) is 16.9 Å². The molecule has 0 spiro atoms. The van der Waals surface area contributed by atoms with E-state index in [9.17, 15) is 9.59 Å². The molecule has 7 nitrogen and oxygen atoms in total. The molecule has 0 unspecified atom stereocenters. The van der Waals surface area contributed by atoms with E-state index in [1.807, 2.05) is 25.8 Å². The van der Waals surface area contributed by atoms with Gasteiger partial charge in [0.15, 0.2) is 0 Å². The van der Waals surface area contributed by atoms with E-state index >= 15 is 0 Å². The molecule has 2 aromatic heterocycles. The van der Waals surface area contributed by atoms with Crippen LogP contribution in [0.2, 0.25) is 0 Å². The van der Waals surface area contributed by atoms with Crippen LogP contribution >= 0.6 is 0 Å². The van der Waals surface area contributed by atoms with Crippen molar-refractivity contribution < 1.29 is 4.79 Å². The summed E-state index contributed by atoms with van der Waals surface area (Å²) >= 11 is 0. The molecule has 0 aromatic carbocycles. The summed E-state index contributed by atoms with van der Waals surface area (Å²) in [6, 6.07) is 2.56. The lowest BCUT2D eigenvalue weighted by Gasteiger charge is -2.36. The van der Waals surface area contributed by atoms with Gasteiger partial charge in [-0.3, -0.25) is 14.3 Å². The SMILES string of the molecule is Cc1nn(C)c(C)c1-c1ccc(=O)n([C@H](C)C(=O)N2C[C@H](C)C[C@H](C)C2)n1. The smallest absolute Gasteiger partial charge is 0.267 e.